The number of aromatic nitrogens is 3. The van der Waals surface area contributed by atoms with Crippen LogP contribution in [0.4, 0.5) is 4.39 Å². The molecule has 0 aliphatic carbocycles. The van der Waals surface area contributed by atoms with Crippen LogP contribution in [0.1, 0.15) is 21.7 Å². The minimum atomic E-state index is -0.424. The monoisotopic (exact) mass is 413 g/mol. The van der Waals surface area contributed by atoms with Gasteiger partial charge in [-0.2, -0.15) is 0 Å². The summed E-state index contributed by atoms with van der Waals surface area (Å²) in [6, 6.07) is 13.4. The Labute approximate surface area is 172 Å². The Morgan fingerprint density at radius 3 is 2.66 bits per heavy atom. The molecule has 29 heavy (non-hydrogen) atoms. The van der Waals surface area contributed by atoms with Gasteiger partial charge in [0.2, 0.25) is 0 Å². The van der Waals surface area contributed by atoms with Gasteiger partial charge in [-0.1, -0.05) is 42.1 Å². The van der Waals surface area contributed by atoms with Crippen molar-refractivity contribution in [1.82, 2.24) is 14.8 Å². The molecule has 0 spiro atoms. The highest BCUT2D eigenvalue weighted by molar-refractivity contribution is 7.98. The minimum Gasteiger partial charge on any atom is -0.483 e. The molecule has 3 aromatic rings. The number of esters is 1. The molecule has 2 aromatic carbocycles. The van der Waals surface area contributed by atoms with Gasteiger partial charge in [0.05, 0.1) is 12.7 Å². The predicted octanol–water partition coefficient (Wildman–Crippen LogP) is 4.26. The van der Waals surface area contributed by atoms with Gasteiger partial charge in [0.15, 0.2) is 22.5 Å². The number of halogens is 1. The van der Waals surface area contributed by atoms with Gasteiger partial charge in [-0.25, -0.2) is 9.18 Å². The molecule has 0 atom stereocenters. The first-order chi connectivity index (χ1) is 14.1. The maximum atomic E-state index is 13.7. The Hall–Kier alpha value is -3.13. The molecule has 150 valence electrons. The largest absolute Gasteiger partial charge is 0.483 e. The lowest BCUT2D eigenvalue weighted by Gasteiger charge is -2.09. The smallest absolute Gasteiger partial charge is 0.337 e. The fourth-order valence-corrected chi connectivity index (χ4v) is 3.47. The molecule has 1 aromatic heterocycles. The van der Waals surface area contributed by atoms with Crippen molar-refractivity contribution in [3.05, 3.63) is 84.0 Å². The standard InChI is InChI=1S/C21H20FN3O3S/c1-3-12-25-19(13-28-18-7-5-4-6-17(18)22)23-24-21(25)29-14-15-8-10-16(11-9-15)20(26)27-2/h3-11H,1,12-14H2,2H3. The van der Waals surface area contributed by atoms with E-state index in [-0.39, 0.29) is 18.3 Å². The molecule has 0 amide bonds. The van der Waals surface area contributed by atoms with Crippen molar-refractivity contribution in [3.8, 4) is 5.75 Å². The zero-order valence-electron chi connectivity index (χ0n) is 15.9. The van der Waals surface area contributed by atoms with E-state index in [0.29, 0.717) is 28.8 Å². The van der Waals surface area contributed by atoms with Gasteiger partial charge in [-0.3, -0.25) is 4.57 Å². The second-order valence-electron chi connectivity index (χ2n) is 5.99. The van der Waals surface area contributed by atoms with E-state index < -0.39 is 5.82 Å². The quantitative estimate of drug-likeness (QED) is 0.297. The van der Waals surface area contributed by atoms with E-state index in [1.54, 1.807) is 36.4 Å². The lowest BCUT2D eigenvalue weighted by molar-refractivity contribution is 0.0600. The maximum Gasteiger partial charge on any atom is 0.337 e. The molecule has 1 heterocycles. The summed E-state index contributed by atoms with van der Waals surface area (Å²) in [5.41, 5.74) is 1.53. The molecule has 3 rings (SSSR count). The molecule has 0 bridgehead atoms. The van der Waals surface area contributed by atoms with Gasteiger partial charge in [0.25, 0.3) is 0 Å². The van der Waals surface area contributed by atoms with Crippen molar-refractivity contribution >= 4 is 17.7 Å². The number of benzene rings is 2. The number of hydrogen-bond donors (Lipinski definition) is 0. The van der Waals surface area contributed by atoms with E-state index in [1.165, 1.54) is 24.9 Å². The highest BCUT2D eigenvalue weighted by Crippen LogP contribution is 2.23. The van der Waals surface area contributed by atoms with E-state index in [2.05, 4.69) is 16.8 Å². The molecule has 0 unspecified atom stereocenters. The summed E-state index contributed by atoms with van der Waals surface area (Å²) in [5, 5.41) is 9.10. The third kappa shape index (κ3) is 5.23. The number of ether oxygens (including phenoxy) is 2. The molecule has 0 saturated carbocycles. The van der Waals surface area contributed by atoms with Crippen molar-refractivity contribution in [2.75, 3.05) is 7.11 Å². The number of allylic oxidation sites excluding steroid dienone is 1. The number of para-hydroxylation sites is 1. The van der Waals surface area contributed by atoms with Gasteiger partial charge < -0.3 is 9.47 Å². The summed E-state index contributed by atoms with van der Waals surface area (Å²) in [4.78, 5) is 11.5. The normalized spacial score (nSPS) is 10.6. The lowest BCUT2D eigenvalue weighted by Crippen LogP contribution is -2.08. The molecule has 0 aliphatic rings. The molecule has 8 heteroatoms. The van der Waals surface area contributed by atoms with Gasteiger partial charge >= 0.3 is 5.97 Å². The Morgan fingerprint density at radius 2 is 1.97 bits per heavy atom. The first kappa shape index (κ1) is 20.6. The molecule has 0 N–H and O–H groups in total. The molecular formula is C21H20FN3O3S. The van der Waals surface area contributed by atoms with Crippen LogP contribution in [0.25, 0.3) is 0 Å². The first-order valence-electron chi connectivity index (χ1n) is 8.82. The topological polar surface area (TPSA) is 66.2 Å². The summed E-state index contributed by atoms with van der Waals surface area (Å²) in [6.07, 6.45) is 1.74. The molecule has 0 fully saturated rings. The fraction of sp³-hybridized carbons (Fsp3) is 0.190. The number of hydrogen-bond acceptors (Lipinski definition) is 6. The summed E-state index contributed by atoms with van der Waals surface area (Å²) >= 11 is 1.50. The van der Waals surface area contributed by atoms with Crippen LogP contribution in [0.2, 0.25) is 0 Å². The molecular weight excluding hydrogens is 393 g/mol. The zero-order chi connectivity index (χ0) is 20.6. The summed E-state index contributed by atoms with van der Waals surface area (Å²) in [5.74, 6) is 0.601. The second-order valence-corrected chi connectivity index (χ2v) is 6.94. The number of carbonyl (C=O) groups excluding carboxylic acids is 1. The van der Waals surface area contributed by atoms with Crippen molar-refractivity contribution in [3.63, 3.8) is 0 Å². The van der Waals surface area contributed by atoms with Crippen molar-refractivity contribution < 1.29 is 18.7 Å². The van der Waals surface area contributed by atoms with Crippen molar-refractivity contribution in [2.24, 2.45) is 0 Å². The summed E-state index contributed by atoms with van der Waals surface area (Å²) in [6.45, 7) is 4.37. The third-order valence-electron chi connectivity index (χ3n) is 4.04. The van der Waals surface area contributed by atoms with Crippen molar-refractivity contribution in [1.29, 1.82) is 0 Å². The molecule has 0 aliphatic heterocycles. The van der Waals surface area contributed by atoms with Crippen LogP contribution in [0.5, 0.6) is 5.75 Å². The van der Waals surface area contributed by atoms with E-state index in [9.17, 15) is 9.18 Å². The molecule has 6 nitrogen and oxygen atoms in total. The van der Waals surface area contributed by atoms with Crippen LogP contribution in [0, 0.1) is 5.82 Å². The second kappa shape index (κ2) is 9.88. The SMILES string of the molecule is C=CCn1c(COc2ccccc2F)nnc1SCc1ccc(C(=O)OC)cc1. The van der Waals surface area contributed by atoms with Crippen LogP contribution < -0.4 is 4.74 Å². The average Bonchev–Trinajstić information content (AvgIpc) is 3.13. The van der Waals surface area contributed by atoms with Gasteiger partial charge in [-0.05, 0) is 29.8 Å². The number of rotatable bonds is 9. The van der Waals surface area contributed by atoms with E-state index in [4.69, 9.17) is 9.47 Å². The van der Waals surface area contributed by atoms with Gasteiger partial charge in [0, 0.05) is 12.3 Å². The lowest BCUT2D eigenvalue weighted by atomic mass is 10.1. The van der Waals surface area contributed by atoms with Crippen LogP contribution in [0.3, 0.4) is 0 Å². The van der Waals surface area contributed by atoms with E-state index >= 15 is 0 Å². The summed E-state index contributed by atoms with van der Waals surface area (Å²) < 4.78 is 25.9. The highest BCUT2D eigenvalue weighted by atomic mass is 32.2. The summed E-state index contributed by atoms with van der Waals surface area (Å²) in [7, 11) is 1.35. The van der Waals surface area contributed by atoms with Crippen LogP contribution in [0.15, 0.2) is 66.3 Å². The van der Waals surface area contributed by atoms with Crippen molar-refractivity contribution in [2.45, 2.75) is 24.1 Å². The average molecular weight is 413 g/mol. The molecule has 0 radical (unpaired) electrons. The fourth-order valence-electron chi connectivity index (χ4n) is 2.55. The van der Waals surface area contributed by atoms with Crippen LogP contribution in [-0.2, 0) is 23.6 Å². The Kier molecular flexibility index (Phi) is 7.02. The van der Waals surface area contributed by atoms with Gasteiger partial charge in [-0.15, -0.1) is 16.8 Å². The van der Waals surface area contributed by atoms with E-state index in [1.807, 2.05) is 16.7 Å². The number of methoxy groups -OCH3 is 1. The Balaban J connectivity index is 1.67. The van der Waals surface area contributed by atoms with E-state index in [0.717, 1.165) is 5.56 Å². The van der Waals surface area contributed by atoms with Crippen LogP contribution >= 0.6 is 11.8 Å². The maximum absolute atomic E-state index is 13.7. The number of thioether (sulfide) groups is 1. The highest BCUT2D eigenvalue weighted by Gasteiger charge is 2.14. The zero-order valence-corrected chi connectivity index (χ0v) is 16.7. The first-order valence-corrected chi connectivity index (χ1v) is 9.81. The Bertz CT molecular complexity index is 989. The number of nitrogens with zero attached hydrogens (tertiary/aromatic N) is 3. The minimum absolute atomic E-state index is 0.0934. The van der Waals surface area contributed by atoms with Crippen LogP contribution in [-0.4, -0.2) is 27.8 Å². The Morgan fingerprint density at radius 1 is 1.21 bits per heavy atom. The third-order valence-corrected chi connectivity index (χ3v) is 5.08. The molecule has 0 saturated heterocycles. The predicted molar refractivity (Wildman–Crippen MR) is 108 cm³/mol. The number of carbonyl (C=O) groups is 1. The van der Waals surface area contributed by atoms with Gasteiger partial charge in [0.1, 0.15) is 6.61 Å².